The molecule has 0 saturated carbocycles. The second-order valence-corrected chi connectivity index (χ2v) is 4.91. The maximum absolute atomic E-state index is 11.6. The van der Waals surface area contributed by atoms with Crippen molar-refractivity contribution < 1.29 is 9.53 Å². The average molecular weight is 288 g/mol. The monoisotopic (exact) mass is 288 g/mol. The van der Waals surface area contributed by atoms with E-state index in [0.717, 1.165) is 36.2 Å². The van der Waals surface area contributed by atoms with Crippen molar-refractivity contribution in [2.45, 2.75) is 20.8 Å². The zero-order valence-electron chi connectivity index (χ0n) is 12.8. The predicted molar refractivity (Wildman–Crippen MR) is 83.8 cm³/mol. The Kier molecular flexibility index (Phi) is 4.85. The first-order valence-corrected chi connectivity index (χ1v) is 7.26. The smallest absolute Gasteiger partial charge is 0.323 e. The summed E-state index contributed by atoms with van der Waals surface area (Å²) in [5.74, 6) is 0.716. The Labute approximate surface area is 125 Å². The van der Waals surface area contributed by atoms with E-state index in [2.05, 4.69) is 24.8 Å². The van der Waals surface area contributed by atoms with Gasteiger partial charge in [0.2, 0.25) is 0 Å². The van der Waals surface area contributed by atoms with Crippen molar-refractivity contribution in [2.75, 3.05) is 26.2 Å². The Morgan fingerprint density at radius 1 is 1.43 bits per heavy atom. The molecule has 1 aromatic heterocycles. The third-order valence-electron chi connectivity index (χ3n) is 3.76. The largest absolute Gasteiger partial charge is 0.490 e. The summed E-state index contributed by atoms with van der Waals surface area (Å²) >= 11 is 0. The molecule has 0 fully saturated rings. The molecule has 1 radical (unpaired) electrons. The molecular weight excluding hydrogens is 266 g/mol. The van der Waals surface area contributed by atoms with Gasteiger partial charge in [0.25, 0.3) is 0 Å². The molecule has 2 rings (SSSR count). The fraction of sp³-hybridized carbons (Fsp3) is 0.438. The number of hydrogen-bond donors (Lipinski definition) is 1. The Balaban J connectivity index is 2.27. The van der Waals surface area contributed by atoms with Gasteiger partial charge in [-0.1, -0.05) is 19.9 Å². The molecule has 0 saturated heterocycles. The maximum Gasteiger partial charge on any atom is 0.323 e. The number of ether oxygens (including phenoxy) is 1. The molecule has 0 aliphatic heterocycles. The van der Waals surface area contributed by atoms with Crippen molar-refractivity contribution in [3.63, 3.8) is 0 Å². The second kappa shape index (κ2) is 6.63. The first-order chi connectivity index (χ1) is 10.1. The normalized spacial score (nSPS) is 11.2. The zero-order chi connectivity index (χ0) is 15.4. The highest BCUT2D eigenvalue weighted by Gasteiger charge is 2.17. The topological polar surface area (TPSA) is 60.5 Å². The molecule has 0 aliphatic carbocycles. The van der Waals surface area contributed by atoms with Crippen molar-refractivity contribution >= 4 is 16.9 Å². The van der Waals surface area contributed by atoms with Gasteiger partial charge in [-0.2, -0.15) is 0 Å². The summed E-state index contributed by atoms with van der Waals surface area (Å²) in [6.07, 6.45) is 0. The number of nitrogens with two attached hydrogens (primary N) is 1. The molecule has 0 aliphatic rings. The first kappa shape index (κ1) is 15.4. The number of carbonyl (C=O) groups excluding carboxylic acids is 1. The fourth-order valence-corrected chi connectivity index (χ4v) is 2.56. The number of aromatic nitrogens is 1. The minimum Gasteiger partial charge on any atom is -0.490 e. The zero-order valence-corrected chi connectivity index (χ0v) is 12.8. The van der Waals surface area contributed by atoms with Crippen LogP contribution in [0.15, 0.2) is 18.2 Å². The summed E-state index contributed by atoms with van der Waals surface area (Å²) in [4.78, 5) is 13.9. The van der Waals surface area contributed by atoms with Gasteiger partial charge in [0.1, 0.15) is 12.4 Å². The van der Waals surface area contributed by atoms with Crippen LogP contribution in [-0.4, -0.2) is 41.7 Å². The van der Waals surface area contributed by atoms with Gasteiger partial charge in [-0.05, 0) is 38.2 Å². The van der Waals surface area contributed by atoms with Crippen LogP contribution >= 0.6 is 0 Å². The van der Waals surface area contributed by atoms with Crippen molar-refractivity contribution in [3.05, 3.63) is 30.0 Å². The van der Waals surface area contributed by atoms with Crippen molar-refractivity contribution in [3.8, 4) is 5.75 Å². The minimum atomic E-state index is -0.498. The Morgan fingerprint density at radius 3 is 2.76 bits per heavy atom. The third-order valence-corrected chi connectivity index (χ3v) is 3.76. The molecule has 0 bridgehead atoms. The van der Waals surface area contributed by atoms with Gasteiger partial charge in [0.15, 0.2) is 0 Å². The lowest BCUT2D eigenvalue weighted by Crippen LogP contribution is -2.28. The van der Waals surface area contributed by atoms with Crippen molar-refractivity contribution in [1.82, 2.24) is 9.47 Å². The van der Waals surface area contributed by atoms with Crippen LogP contribution in [0, 0.1) is 13.0 Å². The van der Waals surface area contributed by atoms with Crippen molar-refractivity contribution in [1.29, 1.82) is 0 Å². The van der Waals surface area contributed by atoms with Crippen LogP contribution in [0.1, 0.15) is 19.5 Å². The molecular formula is C16H22N3O2. The van der Waals surface area contributed by atoms with Gasteiger partial charge in [0, 0.05) is 11.9 Å². The third kappa shape index (κ3) is 3.03. The van der Waals surface area contributed by atoms with Crippen LogP contribution in [0.2, 0.25) is 0 Å². The van der Waals surface area contributed by atoms with Crippen LogP contribution in [0.4, 0.5) is 4.79 Å². The lowest BCUT2D eigenvalue weighted by Gasteiger charge is -2.18. The highest BCUT2D eigenvalue weighted by molar-refractivity contribution is 5.96. The number of primary amides is 1. The van der Waals surface area contributed by atoms with Gasteiger partial charge in [-0.15, -0.1) is 0 Å². The van der Waals surface area contributed by atoms with Crippen LogP contribution < -0.4 is 10.5 Å². The number of rotatable bonds is 6. The number of benzene rings is 1. The van der Waals surface area contributed by atoms with Gasteiger partial charge in [0.05, 0.1) is 11.2 Å². The second-order valence-electron chi connectivity index (χ2n) is 4.91. The van der Waals surface area contributed by atoms with E-state index in [1.54, 1.807) is 6.07 Å². The number of hydrogen-bond acceptors (Lipinski definition) is 3. The van der Waals surface area contributed by atoms with Crippen LogP contribution in [-0.2, 0) is 0 Å². The molecule has 2 aromatic rings. The maximum atomic E-state index is 11.6. The number of nitrogens with zero attached hydrogens (tertiary/aromatic N) is 2. The summed E-state index contributed by atoms with van der Waals surface area (Å²) < 4.78 is 7.41. The van der Waals surface area contributed by atoms with E-state index in [4.69, 9.17) is 10.5 Å². The van der Waals surface area contributed by atoms with Crippen molar-refractivity contribution in [2.24, 2.45) is 5.73 Å². The standard InChI is InChI=1S/C16H22N3O2/c1-4-18(5-2)10-11-21-15-12(3)19(16(17)20)14-9-7-6-8-13(14)15/h7-9H,4-5,10-11H2,1-3H3,(H2,17,20). The van der Waals surface area contributed by atoms with E-state index in [-0.39, 0.29) is 0 Å². The molecule has 1 amide bonds. The molecule has 0 unspecified atom stereocenters. The van der Waals surface area contributed by atoms with Crippen LogP contribution in [0.25, 0.3) is 10.9 Å². The Bertz CT molecular complexity index is 630. The number of fused-ring (bicyclic) bond motifs is 1. The highest BCUT2D eigenvalue weighted by atomic mass is 16.5. The number of likely N-dealkylation sites (N-methyl/N-ethyl adjacent to an activating group) is 1. The van der Waals surface area contributed by atoms with Gasteiger partial charge >= 0.3 is 6.03 Å². The summed E-state index contributed by atoms with van der Waals surface area (Å²) in [6, 6.07) is 7.94. The van der Waals surface area contributed by atoms with E-state index >= 15 is 0 Å². The summed E-state index contributed by atoms with van der Waals surface area (Å²) in [5, 5.41) is 0.869. The number of amides is 1. The first-order valence-electron chi connectivity index (χ1n) is 7.26. The van der Waals surface area contributed by atoms with Crippen LogP contribution in [0.3, 0.4) is 0 Å². The molecule has 21 heavy (non-hydrogen) atoms. The molecule has 1 heterocycles. The lowest BCUT2D eigenvalue weighted by atomic mass is 10.2. The van der Waals surface area contributed by atoms with E-state index in [1.807, 2.05) is 19.1 Å². The van der Waals surface area contributed by atoms with Gasteiger partial charge in [-0.3, -0.25) is 4.57 Å². The van der Waals surface area contributed by atoms with Gasteiger partial charge in [-0.25, -0.2) is 4.79 Å². The molecule has 5 nitrogen and oxygen atoms in total. The number of carbonyl (C=O) groups is 1. The summed E-state index contributed by atoms with van der Waals surface area (Å²) in [5.41, 5.74) is 6.96. The molecule has 1 aromatic carbocycles. The van der Waals surface area contributed by atoms with Gasteiger partial charge < -0.3 is 15.4 Å². The summed E-state index contributed by atoms with van der Waals surface area (Å²) in [7, 11) is 0. The fourth-order valence-electron chi connectivity index (χ4n) is 2.56. The lowest BCUT2D eigenvalue weighted by molar-refractivity contribution is 0.223. The summed E-state index contributed by atoms with van der Waals surface area (Å²) in [6.45, 7) is 9.52. The average Bonchev–Trinajstić information content (AvgIpc) is 2.76. The molecule has 113 valence electrons. The molecule has 2 N–H and O–H groups in total. The predicted octanol–water partition coefficient (Wildman–Crippen LogP) is 2.40. The molecule has 5 heteroatoms. The minimum absolute atomic E-state index is 0.498. The van der Waals surface area contributed by atoms with Crippen LogP contribution in [0.5, 0.6) is 5.75 Å². The quantitative estimate of drug-likeness (QED) is 0.888. The Morgan fingerprint density at radius 2 is 2.14 bits per heavy atom. The molecule has 0 spiro atoms. The van der Waals surface area contributed by atoms with E-state index in [0.29, 0.717) is 12.4 Å². The van der Waals surface area contributed by atoms with E-state index in [1.165, 1.54) is 4.57 Å². The Hall–Kier alpha value is -2.01. The SMILES string of the molecule is CCN(CC)CCOc1c(C)n(C(N)=O)c2cc[c]cc12. The van der Waals surface area contributed by atoms with E-state index in [9.17, 15) is 4.79 Å². The molecule has 0 atom stereocenters. The van der Waals surface area contributed by atoms with E-state index < -0.39 is 6.03 Å². The highest BCUT2D eigenvalue weighted by Crippen LogP contribution is 2.32.